The second kappa shape index (κ2) is 8.63. The van der Waals surface area contributed by atoms with Gasteiger partial charge in [-0.2, -0.15) is 5.10 Å². The first-order valence-corrected chi connectivity index (χ1v) is 10.3. The maximum Gasteiger partial charge on any atom is 0.266 e. The molecular formula is C21H19ClN4O2S. The molecule has 8 heteroatoms. The highest BCUT2D eigenvalue weighted by atomic mass is 35.5. The lowest BCUT2D eigenvalue weighted by molar-refractivity contribution is -0.120. The Balaban J connectivity index is 1.56. The summed E-state index contributed by atoms with van der Waals surface area (Å²) in [5, 5.41) is 5.38. The van der Waals surface area contributed by atoms with E-state index in [-0.39, 0.29) is 12.5 Å². The summed E-state index contributed by atoms with van der Waals surface area (Å²) in [4.78, 5) is 19.3. The molecule has 0 saturated heterocycles. The molecule has 1 amide bonds. The third kappa shape index (κ3) is 4.58. The minimum Gasteiger partial charge on any atom is -0.484 e. The van der Waals surface area contributed by atoms with Gasteiger partial charge >= 0.3 is 0 Å². The molecule has 0 spiro atoms. The molecule has 4 aromatic rings. The fraction of sp³-hybridized carbons (Fsp3) is 0.190. The number of aryl methyl sites for hydroxylation is 1. The second-order valence-corrected chi connectivity index (χ2v) is 7.92. The van der Waals surface area contributed by atoms with Gasteiger partial charge in [0, 0.05) is 18.9 Å². The normalized spacial score (nSPS) is 11.0. The van der Waals surface area contributed by atoms with E-state index in [4.69, 9.17) is 16.3 Å². The zero-order chi connectivity index (χ0) is 20.2. The lowest BCUT2D eigenvalue weighted by Crippen LogP contribution is -2.37. The number of thiazole rings is 1. The minimum atomic E-state index is -0.172. The number of carbonyl (C=O) groups is 1. The number of benzene rings is 2. The van der Waals surface area contributed by atoms with Crippen molar-refractivity contribution in [1.82, 2.24) is 14.8 Å². The van der Waals surface area contributed by atoms with Crippen LogP contribution in [0.3, 0.4) is 0 Å². The Labute approximate surface area is 177 Å². The summed E-state index contributed by atoms with van der Waals surface area (Å²) in [6.07, 6.45) is 3.57. The van der Waals surface area contributed by atoms with Crippen molar-refractivity contribution in [2.45, 2.75) is 13.5 Å². The smallest absolute Gasteiger partial charge is 0.266 e. The summed E-state index contributed by atoms with van der Waals surface area (Å²) in [6.45, 7) is 2.88. The van der Waals surface area contributed by atoms with E-state index in [1.165, 1.54) is 11.3 Å². The number of aromatic nitrogens is 3. The Morgan fingerprint density at radius 1 is 1.24 bits per heavy atom. The van der Waals surface area contributed by atoms with Crippen molar-refractivity contribution in [2.24, 2.45) is 0 Å². The SMILES string of the molecule is Cc1cccc(OCC(=O)N(CCn2cccn2)c2nc3c(Cl)cccc3s2)c1. The summed E-state index contributed by atoms with van der Waals surface area (Å²) in [7, 11) is 0. The van der Waals surface area contributed by atoms with Crippen LogP contribution in [-0.4, -0.2) is 33.8 Å². The van der Waals surface area contributed by atoms with Crippen LogP contribution in [0.4, 0.5) is 5.13 Å². The Kier molecular flexibility index (Phi) is 5.78. The Morgan fingerprint density at radius 3 is 2.86 bits per heavy atom. The van der Waals surface area contributed by atoms with Gasteiger partial charge in [-0.3, -0.25) is 14.4 Å². The van der Waals surface area contributed by atoms with Crippen LogP contribution in [0.2, 0.25) is 5.02 Å². The van der Waals surface area contributed by atoms with Crippen molar-refractivity contribution in [3.05, 3.63) is 71.5 Å². The number of hydrogen-bond donors (Lipinski definition) is 0. The molecule has 2 heterocycles. The molecule has 0 saturated carbocycles. The van der Waals surface area contributed by atoms with Crippen molar-refractivity contribution in [1.29, 1.82) is 0 Å². The first kappa shape index (κ1) is 19.4. The van der Waals surface area contributed by atoms with Gasteiger partial charge in [0.1, 0.15) is 11.3 Å². The molecule has 0 radical (unpaired) electrons. The van der Waals surface area contributed by atoms with Crippen molar-refractivity contribution in [3.63, 3.8) is 0 Å². The third-order valence-corrected chi connectivity index (χ3v) is 5.70. The highest BCUT2D eigenvalue weighted by molar-refractivity contribution is 7.22. The van der Waals surface area contributed by atoms with E-state index in [2.05, 4.69) is 10.1 Å². The van der Waals surface area contributed by atoms with Gasteiger partial charge in [-0.05, 0) is 42.8 Å². The van der Waals surface area contributed by atoms with Gasteiger partial charge in [0.25, 0.3) is 5.91 Å². The Hall–Kier alpha value is -2.90. The zero-order valence-corrected chi connectivity index (χ0v) is 17.4. The molecule has 0 aliphatic carbocycles. The molecule has 0 atom stereocenters. The van der Waals surface area contributed by atoms with E-state index in [1.54, 1.807) is 21.8 Å². The molecule has 0 bridgehead atoms. The highest BCUT2D eigenvalue weighted by Crippen LogP contribution is 2.33. The van der Waals surface area contributed by atoms with Crippen LogP contribution >= 0.6 is 22.9 Å². The number of hydrogen-bond acceptors (Lipinski definition) is 5. The fourth-order valence-corrected chi connectivity index (χ4v) is 4.22. The van der Waals surface area contributed by atoms with Crippen LogP contribution in [0.1, 0.15) is 5.56 Å². The fourth-order valence-electron chi connectivity index (χ4n) is 2.91. The number of nitrogens with zero attached hydrogens (tertiary/aromatic N) is 4. The van der Waals surface area contributed by atoms with Gasteiger partial charge < -0.3 is 4.74 Å². The first-order chi connectivity index (χ1) is 14.1. The highest BCUT2D eigenvalue weighted by Gasteiger charge is 2.21. The van der Waals surface area contributed by atoms with Crippen LogP contribution in [0.25, 0.3) is 10.2 Å². The van der Waals surface area contributed by atoms with Crippen molar-refractivity contribution in [2.75, 3.05) is 18.1 Å². The number of ether oxygens (including phenoxy) is 1. The topological polar surface area (TPSA) is 60.2 Å². The van der Waals surface area contributed by atoms with Crippen LogP contribution in [0.15, 0.2) is 60.9 Å². The minimum absolute atomic E-state index is 0.0772. The lowest BCUT2D eigenvalue weighted by Gasteiger charge is -2.20. The number of anilines is 1. The molecule has 29 heavy (non-hydrogen) atoms. The molecule has 0 aliphatic rings. The quantitative estimate of drug-likeness (QED) is 0.434. The van der Waals surface area contributed by atoms with Gasteiger partial charge in [-0.25, -0.2) is 4.98 Å². The lowest BCUT2D eigenvalue weighted by atomic mass is 10.2. The Morgan fingerprint density at radius 2 is 2.10 bits per heavy atom. The molecule has 0 unspecified atom stereocenters. The molecule has 6 nitrogen and oxygen atoms in total. The van der Waals surface area contributed by atoms with Gasteiger partial charge in [-0.15, -0.1) is 0 Å². The van der Waals surface area contributed by atoms with E-state index in [0.29, 0.717) is 34.5 Å². The van der Waals surface area contributed by atoms with E-state index in [1.807, 2.05) is 55.6 Å². The van der Waals surface area contributed by atoms with Crippen LogP contribution in [0.5, 0.6) is 5.75 Å². The van der Waals surface area contributed by atoms with E-state index < -0.39 is 0 Å². The number of halogens is 1. The maximum absolute atomic E-state index is 13.0. The number of amides is 1. The monoisotopic (exact) mass is 426 g/mol. The third-order valence-electron chi connectivity index (χ3n) is 4.35. The van der Waals surface area contributed by atoms with Crippen molar-refractivity contribution >= 4 is 44.2 Å². The maximum atomic E-state index is 13.0. The summed E-state index contributed by atoms with van der Waals surface area (Å²) in [6, 6.07) is 15.1. The summed E-state index contributed by atoms with van der Waals surface area (Å²) < 4.78 is 8.44. The molecule has 2 aromatic carbocycles. The van der Waals surface area contributed by atoms with Crippen LogP contribution in [0, 0.1) is 6.92 Å². The zero-order valence-electron chi connectivity index (χ0n) is 15.8. The molecule has 148 valence electrons. The number of para-hydroxylation sites is 1. The Bertz CT molecular complexity index is 1130. The number of carbonyl (C=O) groups excluding carboxylic acids is 1. The molecule has 0 N–H and O–H groups in total. The first-order valence-electron chi connectivity index (χ1n) is 9.12. The molecule has 2 aromatic heterocycles. The summed E-state index contributed by atoms with van der Waals surface area (Å²) >= 11 is 7.70. The summed E-state index contributed by atoms with van der Waals surface area (Å²) in [5.74, 6) is 0.492. The summed E-state index contributed by atoms with van der Waals surface area (Å²) in [5.41, 5.74) is 1.77. The van der Waals surface area contributed by atoms with Gasteiger partial charge in [0.15, 0.2) is 11.7 Å². The predicted octanol–water partition coefficient (Wildman–Crippen LogP) is 4.57. The second-order valence-electron chi connectivity index (χ2n) is 6.50. The van der Waals surface area contributed by atoms with Crippen LogP contribution < -0.4 is 9.64 Å². The van der Waals surface area contributed by atoms with Gasteiger partial charge in [0.05, 0.1) is 16.3 Å². The molecule has 0 fully saturated rings. The van der Waals surface area contributed by atoms with E-state index >= 15 is 0 Å². The van der Waals surface area contributed by atoms with E-state index in [9.17, 15) is 4.79 Å². The predicted molar refractivity (Wildman–Crippen MR) is 116 cm³/mol. The number of rotatable bonds is 7. The average Bonchev–Trinajstić information content (AvgIpc) is 3.37. The van der Waals surface area contributed by atoms with E-state index in [0.717, 1.165) is 10.3 Å². The standard InChI is InChI=1S/C21H19ClN4O2S/c1-15-5-2-6-16(13-15)28-14-19(27)26(12-11-25-10-4-9-23-25)21-24-20-17(22)7-3-8-18(20)29-21/h2-10,13H,11-12,14H2,1H3. The molecular weight excluding hydrogens is 408 g/mol. The molecule has 4 rings (SSSR count). The molecule has 0 aliphatic heterocycles. The van der Waals surface area contributed by atoms with Gasteiger partial charge in [-0.1, -0.05) is 41.1 Å². The average molecular weight is 427 g/mol. The van der Waals surface area contributed by atoms with Crippen molar-refractivity contribution in [3.8, 4) is 5.75 Å². The van der Waals surface area contributed by atoms with Crippen LogP contribution in [-0.2, 0) is 11.3 Å². The largest absolute Gasteiger partial charge is 0.484 e. The van der Waals surface area contributed by atoms with Gasteiger partial charge in [0.2, 0.25) is 0 Å². The number of fused-ring (bicyclic) bond motifs is 1. The van der Waals surface area contributed by atoms with Crippen molar-refractivity contribution < 1.29 is 9.53 Å².